The van der Waals surface area contributed by atoms with E-state index >= 15 is 0 Å². The van der Waals surface area contributed by atoms with Crippen LogP contribution in [0.5, 0.6) is 0 Å². The van der Waals surface area contributed by atoms with Crippen molar-refractivity contribution in [3.05, 3.63) is 57.9 Å². The van der Waals surface area contributed by atoms with E-state index in [1.807, 2.05) is 19.2 Å². The first kappa shape index (κ1) is 15.5. The van der Waals surface area contributed by atoms with Crippen LogP contribution in [0, 0.1) is 6.92 Å². The first-order valence-electron chi connectivity index (χ1n) is 7.52. The highest BCUT2D eigenvalue weighted by Crippen LogP contribution is 2.18. The monoisotopic (exact) mass is 284 g/mol. The molecule has 0 bridgehead atoms. The molecule has 1 N–H and O–H groups in total. The molecule has 1 atom stereocenters. The summed E-state index contributed by atoms with van der Waals surface area (Å²) in [6.45, 7) is 6.95. The fraction of sp³-hybridized carbons (Fsp3) is 0.389. The zero-order valence-electron chi connectivity index (χ0n) is 13.3. The van der Waals surface area contributed by atoms with E-state index in [0.29, 0.717) is 12.6 Å². The Bertz CT molecular complexity index is 656. The molecule has 0 aliphatic heterocycles. The lowest BCUT2D eigenvalue weighted by Crippen LogP contribution is -2.30. The molecule has 1 aromatic heterocycles. The molecule has 0 saturated heterocycles. The molecule has 0 amide bonds. The SMILES string of the molecule is CCC(C)NCc1ccc(-c2ccc(C)cc2)n(C)c1=O. The topological polar surface area (TPSA) is 34.0 Å². The molecule has 0 radical (unpaired) electrons. The minimum absolute atomic E-state index is 0.0730. The highest BCUT2D eigenvalue weighted by atomic mass is 16.1. The molecule has 21 heavy (non-hydrogen) atoms. The molecule has 0 fully saturated rings. The van der Waals surface area contributed by atoms with Gasteiger partial charge in [-0.15, -0.1) is 0 Å². The van der Waals surface area contributed by atoms with Crippen LogP contribution >= 0.6 is 0 Å². The van der Waals surface area contributed by atoms with E-state index in [1.54, 1.807) is 4.57 Å². The molecule has 0 aliphatic rings. The number of nitrogens with zero attached hydrogens (tertiary/aromatic N) is 1. The van der Waals surface area contributed by atoms with E-state index in [-0.39, 0.29) is 5.56 Å². The molecule has 1 unspecified atom stereocenters. The summed E-state index contributed by atoms with van der Waals surface area (Å²) in [6, 6.07) is 12.6. The lowest BCUT2D eigenvalue weighted by Gasteiger charge is -2.14. The van der Waals surface area contributed by atoms with Crippen LogP contribution in [0.3, 0.4) is 0 Å². The number of benzene rings is 1. The summed E-state index contributed by atoms with van der Waals surface area (Å²) >= 11 is 0. The molecule has 3 heteroatoms. The molecule has 2 rings (SSSR count). The van der Waals surface area contributed by atoms with Gasteiger partial charge in [0.05, 0.1) is 5.69 Å². The van der Waals surface area contributed by atoms with E-state index in [4.69, 9.17) is 0 Å². The Balaban J connectivity index is 2.29. The van der Waals surface area contributed by atoms with Gasteiger partial charge >= 0.3 is 0 Å². The van der Waals surface area contributed by atoms with Gasteiger partial charge in [0.1, 0.15) is 0 Å². The Hall–Kier alpha value is -1.87. The number of hydrogen-bond acceptors (Lipinski definition) is 2. The maximum Gasteiger partial charge on any atom is 0.255 e. The minimum Gasteiger partial charge on any atom is -0.311 e. The number of nitrogens with one attached hydrogen (secondary N) is 1. The first-order chi connectivity index (χ1) is 10.0. The second-order valence-corrected chi connectivity index (χ2v) is 5.66. The Kier molecular flexibility index (Phi) is 4.97. The maximum absolute atomic E-state index is 12.5. The van der Waals surface area contributed by atoms with Gasteiger partial charge in [0.25, 0.3) is 5.56 Å². The first-order valence-corrected chi connectivity index (χ1v) is 7.52. The number of aromatic nitrogens is 1. The number of hydrogen-bond donors (Lipinski definition) is 1. The third-order valence-electron chi connectivity index (χ3n) is 3.98. The summed E-state index contributed by atoms with van der Waals surface area (Å²) in [4.78, 5) is 12.5. The van der Waals surface area contributed by atoms with Crippen LogP contribution in [0.25, 0.3) is 11.3 Å². The van der Waals surface area contributed by atoms with Gasteiger partial charge in [0.15, 0.2) is 0 Å². The van der Waals surface area contributed by atoms with Gasteiger partial charge in [-0.25, -0.2) is 0 Å². The van der Waals surface area contributed by atoms with Gasteiger partial charge in [0.2, 0.25) is 0 Å². The van der Waals surface area contributed by atoms with Gasteiger partial charge in [-0.05, 0) is 31.9 Å². The molecule has 0 saturated carbocycles. The van der Waals surface area contributed by atoms with Crippen LogP contribution in [-0.4, -0.2) is 10.6 Å². The van der Waals surface area contributed by atoms with Crippen molar-refractivity contribution in [1.29, 1.82) is 0 Å². The molecule has 1 heterocycles. The van der Waals surface area contributed by atoms with Crippen molar-refractivity contribution < 1.29 is 0 Å². The number of rotatable bonds is 5. The highest BCUT2D eigenvalue weighted by molar-refractivity contribution is 5.60. The highest BCUT2D eigenvalue weighted by Gasteiger charge is 2.08. The van der Waals surface area contributed by atoms with E-state index in [2.05, 4.69) is 50.4 Å². The fourth-order valence-corrected chi connectivity index (χ4v) is 2.26. The second-order valence-electron chi connectivity index (χ2n) is 5.66. The quantitative estimate of drug-likeness (QED) is 0.914. The van der Waals surface area contributed by atoms with Gasteiger partial charge in [-0.3, -0.25) is 4.79 Å². The summed E-state index contributed by atoms with van der Waals surface area (Å²) < 4.78 is 1.73. The molecule has 2 aromatic rings. The van der Waals surface area contributed by atoms with Gasteiger partial charge < -0.3 is 9.88 Å². The van der Waals surface area contributed by atoms with Crippen LogP contribution < -0.4 is 10.9 Å². The smallest absolute Gasteiger partial charge is 0.255 e. The summed E-state index contributed by atoms with van der Waals surface area (Å²) in [5.74, 6) is 0. The van der Waals surface area contributed by atoms with E-state index in [9.17, 15) is 4.79 Å². The van der Waals surface area contributed by atoms with Crippen molar-refractivity contribution in [3.63, 3.8) is 0 Å². The van der Waals surface area contributed by atoms with Crippen molar-refractivity contribution in [3.8, 4) is 11.3 Å². The number of aryl methyl sites for hydroxylation is 1. The average Bonchev–Trinajstić information content (AvgIpc) is 2.49. The molecular weight excluding hydrogens is 260 g/mol. The second kappa shape index (κ2) is 6.72. The van der Waals surface area contributed by atoms with E-state index in [1.165, 1.54) is 5.56 Å². The Morgan fingerprint density at radius 3 is 2.43 bits per heavy atom. The van der Waals surface area contributed by atoms with E-state index in [0.717, 1.165) is 23.2 Å². The Morgan fingerprint density at radius 2 is 1.81 bits per heavy atom. The Labute approximate surface area is 126 Å². The largest absolute Gasteiger partial charge is 0.311 e. The minimum atomic E-state index is 0.0730. The summed E-state index contributed by atoms with van der Waals surface area (Å²) in [7, 11) is 1.84. The summed E-state index contributed by atoms with van der Waals surface area (Å²) in [5.41, 5.74) is 4.13. The maximum atomic E-state index is 12.5. The van der Waals surface area contributed by atoms with Crippen LogP contribution in [0.2, 0.25) is 0 Å². The molecule has 1 aromatic carbocycles. The Morgan fingerprint density at radius 1 is 1.14 bits per heavy atom. The van der Waals surface area contributed by atoms with Crippen LogP contribution in [-0.2, 0) is 13.6 Å². The number of pyridine rings is 1. The average molecular weight is 284 g/mol. The third kappa shape index (κ3) is 3.61. The third-order valence-corrected chi connectivity index (χ3v) is 3.98. The van der Waals surface area contributed by atoms with Crippen molar-refractivity contribution in [2.75, 3.05) is 0 Å². The lowest BCUT2D eigenvalue weighted by atomic mass is 10.1. The lowest BCUT2D eigenvalue weighted by molar-refractivity contribution is 0.531. The molecule has 0 spiro atoms. The summed E-state index contributed by atoms with van der Waals surface area (Å²) in [6.07, 6.45) is 1.06. The van der Waals surface area contributed by atoms with Crippen LogP contribution in [0.15, 0.2) is 41.2 Å². The fourth-order valence-electron chi connectivity index (χ4n) is 2.26. The van der Waals surface area contributed by atoms with E-state index < -0.39 is 0 Å². The van der Waals surface area contributed by atoms with Crippen molar-refractivity contribution in [2.45, 2.75) is 39.8 Å². The van der Waals surface area contributed by atoms with Crippen molar-refractivity contribution >= 4 is 0 Å². The molecular formula is C18H24N2O. The predicted octanol–water partition coefficient (Wildman–Crippen LogP) is 3.25. The van der Waals surface area contributed by atoms with Gasteiger partial charge in [0, 0.05) is 25.2 Å². The summed E-state index contributed by atoms with van der Waals surface area (Å²) in [5, 5.41) is 3.37. The van der Waals surface area contributed by atoms with Gasteiger partial charge in [-0.2, -0.15) is 0 Å². The predicted molar refractivity (Wildman–Crippen MR) is 88.4 cm³/mol. The standard InChI is InChI=1S/C18H24N2O/c1-5-14(3)19-12-16-10-11-17(20(4)18(16)21)15-8-6-13(2)7-9-15/h6-11,14,19H,5,12H2,1-4H3. The van der Waals surface area contributed by atoms with Crippen LogP contribution in [0.1, 0.15) is 31.4 Å². The normalized spacial score (nSPS) is 12.4. The zero-order valence-corrected chi connectivity index (χ0v) is 13.3. The van der Waals surface area contributed by atoms with Crippen molar-refractivity contribution in [2.24, 2.45) is 7.05 Å². The van der Waals surface area contributed by atoms with Crippen molar-refractivity contribution in [1.82, 2.24) is 9.88 Å². The molecule has 112 valence electrons. The molecule has 0 aliphatic carbocycles. The van der Waals surface area contributed by atoms with Crippen LogP contribution in [0.4, 0.5) is 0 Å². The molecule has 3 nitrogen and oxygen atoms in total. The van der Waals surface area contributed by atoms with Gasteiger partial charge in [-0.1, -0.05) is 42.8 Å². The zero-order chi connectivity index (χ0) is 15.4.